The van der Waals surface area contributed by atoms with Crippen molar-refractivity contribution in [1.82, 2.24) is 59.9 Å². The van der Waals surface area contributed by atoms with Gasteiger partial charge < -0.3 is 40.1 Å². The molecule has 312 valence electrons. The summed E-state index contributed by atoms with van der Waals surface area (Å²) in [5, 5.41) is 48.0. The van der Waals surface area contributed by atoms with Crippen molar-refractivity contribution >= 4 is 70.8 Å². The van der Waals surface area contributed by atoms with Crippen molar-refractivity contribution < 1.29 is 0 Å². The number of hydrogen-bond acceptors (Lipinski definition) is 19. The van der Waals surface area contributed by atoms with Crippen LogP contribution in [-0.4, -0.2) is 89.8 Å². The van der Waals surface area contributed by atoms with Gasteiger partial charge in [-0.15, -0.1) is 35.7 Å². The molecule has 5 rings (SSSR count). The second-order valence-corrected chi connectivity index (χ2v) is 13.1. The molecule has 58 heavy (non-hydrogen) atoms. The highest BCUT2D eigenvalue weighted by Gasteiger charge is 2.48. The van der Waals surface area contributed by atoms with E-state index in [4.69, 9.17) is 51.5 Å². The molecule has 4 aromatic rings. The summed E-state index contributed by atoms with van der Waals surface area (Å²) < 4.78 is 2.09. The van der Waals surface area contributed by atoms with E-state index in [1.807, 2.05) is 27.7 Å². The maximum Gasteiger partial charge on any atom is 0.268 e. The molecule has 1 atom stereocenters. The van der Waals surface area contributed by atoms with E-state index in [0.29, 0.717) is 12.2 Å². The van der Waals surface area contributed by atoms with Crippen LogP contribution in [0.5, 0.6) is 0 Å². The lowest BCUT2D eigenvalue weighted by Crippen LogP contribution is -2.40. The topological polar surface area (TPSA) is 469 Å². The standard InChI is InChI=1S/C26H44N30.C2H6/c1-7-10(2)54(52-34)23-41-22(48-49-23)39-16(29)44-46-20(33)56-18(31)40-24(51-56)53(35)9-12(27)14-37-21(47-42-14)38-15(28)43-45-19(32)55-17(30)36-13(50-55)11-8-25(3,4)26(11,5)6;1-2/h8-10,34H,7,27,35H2,1-6H3,(H2,32,45)(H2,33,46)(H2,30,36,50)(H2,31,40,51)(H4,28,37,38,42,43,47)(H4,29,39,41,44,48,49);1-2H3/b12-9-,52-34?;. The first-order valence-electron chi connectivity index (χ1n) is 17.4. The highest BCUT2D eigenvalue weighted by molar-refractivity contribution is 5.92. The van der Waals surface area contributed by atoms with Gasteiger partial charge in [-0.3, -0.25) is 15.6 Å². The number of nitrogens with two attached hydrogens (primary N) is 8. The molecule has 0 saturated heterocycles. The number of nitrogens with zero attached hydrogens (tertiary/aromatic N) is 17. The predicted molar refractivity (Wildman–Crippen MR) is 219 cm³/mol. The highest BCUT2D eigenvalue weighted by Crippen LogP contribution is 2.58. The molecule has 0 bridgehead atoms. The average Bonchev–Trinajstić information content (AvgIpc) is 4.00. The number of aromatic nitrogens is 12. The smallest absolute Gasteiger partial charge is 0.268 e. The van der Waals surface area contributed by atoms with Gasteiger partial charge in [0.05, 0.1) is 17.9 Å². The molecule has 0 aromatic carbocycles. The Morgan fingerprint density at radius 3 is 1.95 bits per heavy atom. The zero-order valence-electron chi connectivity index (χ0n) is 33.2. The molecule has 4 heterocycles. The molecule has 30 nitrogen and oxygen atoms in total. The third-order valence-corrected chi connectivity index (χ3v) is 8.78. The molecule has 0 fully saturated rings. The first-order valence-corrected chi connectivity index (χ1v) is 17.4. The van der Waals surface area contributed by atoms with Crippen molar-refractivity contribution in [3.8, 4) is 0 Å². The third-order valence-electron chi connectivity index (χ3n) is 8.78. The van der Waals surface area contributed by atoms with Crippen molar-refractivity contribution in [3.63, 3.8) is 0 Å². The fourth-order valence-corrected chi connectivity index (χ4v) is 4.76. The van der Waals surface area contributed by atoms with Crippen molar-refractivity contribution in [2.45, 2.75) is 67.9 Å². The number of rotatable bonds is 12. The Morgan fingerprint density at radius 2 is 1.40 bits per heavy atom. The Bertz CT molecular complexity index is 2250. The Kier molecular flexibility index (Phi) is 12.7. The number of anilines is 6. The summed E-state index contributed by atoms with van der Waals surface area (Å²) in [6.07, 6.45) is 4.00. The minimum absolute atomic E-state index is 0.00410. The van der Waals surface area contributed by atoms with E-state index in [1.165, 1.54) is 11.2 Å². The van der Waals surface area contributed by atoms with Gasteiger partial charge in [0.2, 0.25) is 47.6 Å². The van der Waals surface area contributed by atoms with Gasteiger partial charge >= 0.3 is 0 Å². The van der Waals surface area contributed by atoms with E-state index in [9.17, 15) is 0 Å². The van der Waals surface area contributed by atoms with Gasteiger partial charge in [0.25, 0.3) is 11.9 Å². The first kappa shape index (κ1) is 42.8. The number of aromatic amines is 2. The van der Waals surface area contributed by atoms with Gasteiger partial charge in [-0.25, -0.2) is 21.0 Å². The number of guanidine groups is 2. The van der Waals surface area contributed by atoms with Crippen LogP contribution in [0.25, 0.3) is 11.3 Å². The summed E-state index contributed by atoms with van der Waals surface area (Å²) in [6.45, 7) is 16.3. The molecule has 1 unspecified atom stereocenters. The van der Waals surface area contributed by atoms with E-state index in [2.05, 4.69) is 121 Å². The lowest BCUT2D eigenvalue weighted by Gasteiger charge is -2.49. The monoisotopic (exact) mass is 806 g/mol. The van der Waals surface area contributed by atoms with Crippen molar-refractivity contribution in [2.75, 3.05) is 32.1 Å². The summed E-state index contributed by atoms with van der Waals surface area (Å²) >= 11 is 0. The van der Waals surface area contributed by atoms with Crippen LogP contribution in [0.3, 0.4) is 0 Å². The zero-order chi connectivity index (χ0) is 43.1. The fraction of sp³-hybridized carbons (Fsp3) is 0.429. The summed E-state index contributed by atoms with van der Waals surface area (Å²) in [4.78, 5) is 16.7. The van der Waals surface area contributed by atoms with Crippen LogP contribution in [0.15, 0.2) is 37.9 Å². The third kappa shape index (κ3) is 9.12. The second-order valence-electron chi connectivity index (χ2n) is 13.1. The summed E-state index contributed by atoms with van der Waals surface area (Å²) in [6, 6.07) is -0.115. The Balaban J connectivity index is 0.00000366. The first-order chi connectivity index (χ1) is 27.3. The lowest BCUT2D eigenvalue weighted by molar-refractivity contribution is 0.206. The van der Waals surface area contributed by atoms with Crippen LogP contribution in [0, 0.1) is 16.4 Å². The van der Waals surface area contributed by atoms with Crippen LogP contribution in [-0.2, 0) is 0 Å². The minimum atomic E-state index is -0.324. The molecule has 1 aliphatic carbocycles. The van der Waals surface area contributed by atoms with Gasteiger partial charge in [0.15, 0.2) is 11.6 Å². The van der Waals surface area contributed by atoms with Gasteiger partial charge in [0.1, 0.15) is 0 Å². The van der Waals surface area contributed by atoms with Crippen LogP contribution in [0.2, 0.25) is 0 Å². The van der Waals surface area contributed by atoms with Crippen LogP contribution < -0.4 is 66.6 Å². The van der Waals surface area contributed by atoms with Crippen molar-refractivity contribution in [2.24, 2.45) is 71.0 Å². The molecule has 1 aliphatic rings. The number of hydrazine groups is 1. The lowest BCUT2D eigenvalue weighted by atomic mass is 9.54. The molecule has 0 radical (unpaired) electrons. The summed E-state index contributed by atoms with van der Waals surface area (Å²) in [7, 11) is 0. The number of hydrogen-bond donors (Lipinski definition) is 13. The normalized spacial score (nSPS) is 16.1. The molecule has 0 aliphatic heterocycles. The molecule has 0 spiro atoms. The van der Waals surface area contributed by atoms with Gasteiger partial charge in [-0.05, 0) is 18.8 Å². The predicted octanol–water partition coefficient (Wildman–Crippen LogP) is -1.06. The Morgan fingerprint density at radius 1 is 0.845 bits per heavy atom. The van der Waals surface area contributed by atoms with Crippen molar-refractivity contribution in [3.05, 3.63) is 23.9 Å². The molecular formula is C28H50N30. The number of H-pyrrole nitrogens is 2. The van der Waals surface area contributed by atoms with E-state index < -0.39 is 0 Å². The fourth-order valence-electron chi connectivity index (χ4n) is 4.76. The van der Waals surface area contributed by atoms with Crippen LogP contribution in [0.1, 0.15) is 73.5 Å². The van der Waals surface area contributed by atoms with E-state index in [-0.39, 0.29) is 87.9 Å². The quantitative estimate of drug-likeness (QED) is 0.0267. The van der Waals surface area contributed by atoms with Gasteiger partial charge in [-0.1, -0.05) is 59.8 Å². The van der Waals surface area contributed by atoms with Gasteiger partial charge in [0, 0.05) is 11.0 Å². The Labute approximate surface area is 330 Å². The molecule has 0 amide bonds. The highest BCUT2D eigenvalue weighted by atomic mass is 15.6. The molecular weight excluding hydrogens is 757 g/mol. The number of nitrogens with one attached hydrogen (secondary N) is 5. The molecule has 4 aromatic heterocycles. The zero-order valence-corrected chi connectivity index (χ0v) is 33.2. The average molecular weight is 807 g/mol. The largest absolute Gasteiger partial charge is 0.394 e. The van der Waals surface area contributed by atoms with E-state index >= 15 is 0 Å². The second kappa shape index (κ2) is 17.3. The van der Waals surface area contributed by atoms with E-state index in [1.54, 1.807) is 0 Å². The number of nitrogen functional groups attached to an aromatic ring is 2. The maximum absolute atomic E-state index is 7.37. The summed E-state index contributed by atoms with van der Waals surface area (Å²) in [5.74, 6) is 5.57. The molecule has 30 heteroatoms. The SMILES string of the molecule is CC.CCC(C)N(N=N)c1n[nH]c(N/C(N)=N/N=C(\N)n2nc(N(N)/C=C(\N)c3n[nH]c(N/C(N)=N/N=C(\N)n4nc(C5=CC(C)(C)C5(C)C)nc4N)n3)nc2N)n1. The van der Waals surface area contributed by atoms with E-state index in [0.717, 1.165) is 19.9 Å². The minimum Gasteiger partial charge on any atom is -0.394 e. The summed E-state index contributed by atoms with van der Waals surface area (Å²) in [5.41, 5.74) is 50.1. The van der Waals surface area contributed by atoms with Gasteiger partial charge in [-0.2, -0.15) is 39.9 Å². The van der Waals surface area contributed by atoms with Crippen LogP contribution >= 0.6 is 0 Å². The number of allylic oxidation sites excluding steroid dienone is 2. The molecule has 21 N–H and O–H groups in total. The molecule has 0 saturated carbocycles. The van der Waals surface area contributed by atoms with Crippen molar-refractivity contribution in [1.29, 1.82) is 5.53 Å². The Hall–Kier alpha value is -7.92. The maximum atomic E-state index is 7.37. The van der Waals surface area contributed by atoms with Crippen LogP contribution in [0.4, 0.5) is 35.7 Å².